The molecule has 4 aliphatic carbocycles. The summed E-state index contributed by atoms with van der Waals surface area (Å²) in [6.45, 7) is 19.5. The lowest BCUT2D eigenvalue weighted by atomic mass is 9.82. The Morgan fingerprint density at radius 2 is 0.532 bits per heavy atom. The van der Waals surface area contributed by atoms with Crippen molar-refractivity contribution in [1.29, 1.82) is 0 Å². The van der Waals surface area contributed by atoms with E-state index in [-0.39, 0.29) is 102 Å². The molecule has 111 heavy (non-hydrogen) atoms. The van der Waals surface area contributed by atoms with E-state index in [0.29, 0.717) is 68.1 Å². The van der Waals surface area contributed by atoms with Crippen LogP contribution in [-0.2, 0) is 19.2 Å². The number of aliphatic hydroxyl groups excluding tert-OH is 1. The van der Waals surface area contributed by atoms with E-state index in [1.54, 1.807) is 11.0 Å². The normalized spacial score (nSPS) is 15.9. The number of nitrogens with zero attached hydrogens (tertiary/aromatic N) is 4. The second-order valence-corrected chi connectivity index (χ2v) is 35.3. The summed E-state index contributed by atoms with van der Waals surface area (Å²) < 4.78 is 3.69. The average molecular weight is 1980 g/mol. The molecule has 0 aliphatic heterocycles. The molecule has 17 nitrogen and oxygen atoms in total. The lowest BCUT2D eigenvalue weighted by molar-refractivity contribution is -0.128. The molecule has 4 fully saturated rings. The third-order valence-corrected chi connectivity index (χ3v) is 25.9. The molecule has 21 heteroatoms. The fourth-order valence-corrected chi connectivity index (χ4v) is 18.5. The van der Waals surface area contributed by atoms with Gasteiger partial charge < -0.3 is 46.0 Å². The Morgan fingerprint density at radius 1 is 0.306 bits per heavy atom. The summed E-state index contributed by atoms with van der Waals surface area (Å²) in [6.07, 6.45) is 36.0. The Kier molecular flexibility index (Phi) is 49.6. The minimum Gasteiger partial charge on any atom is -0.395 e. The van der Waals surface area contributed by atoms with Crippen LogP contribution in [-0.4, -0.2) is 155 Å². The van der Waals surface area contributed by atoms with Crippen molar-refractivity contribution < 1.29 is 43.5 Å². The summed E-state index contributed by atoms with van der Waals surface area (Å²) in [5.74, 6) is 0.790. The molecular formula is C90H136I4N8O9. The van der Waals surface area contributed by atoms with E-state index < -0.39 is 6.04 Å². The van der Waals surface area contributed by atoms with Crippen LogP contribution in [0.15, 0.2) is 97.1 Å². The molecule has 0 bridgehead atoms. The van der Waals surface area contributed by atoms with Gasteiger partial charge in [-0.15, -0.1) is 0 Å². The smallest absolute Gasteiger partial charge is 0.255 e. The molecule has 618 valence electrons. The van der Waals surface area contributed by atoms with Crippen LogP contribution < -0.4 is 21.3 Å². The Bertz CT molecular complexity index is 3270. The van der Waals surface area contributed by atoms with Crippen molar-refractivity contribution in [3.05, 3.63) is 134 Å². The fraction of sp³-hybridized carbons (Fsp3) is 0.644. The van der Waals surface area contributed by atoms with Crippen molar-refractivity contribution in [1.82, 2.24) is 40.9 Å². The van der Waals surface area contributed by atoms with Crippen LogP contribution in [0.1, 0.15) is 308 Å². The van der Waals surface area contributed by atoms with Crippen LogP contribution in [0.4, 0.5) is 0 Å². The van der Waals surface area contributed by atoms with Crippen LogP contribution in [0.25, 0.3) is 0 Å². The second-order valence-electron chi connectivity index (χ2n) is 30.6. The molecule has 0 spiro atoms. The number of hydrogen-bond donors (Lipinski definition) is 5. The largest absolute Gasteiger partial charge is 0.395 e. The maximum absolute atomic E-state index is 13.6. The van der Waals surface area contributed by atoms with Crippen molar-refractivity contribution >= 4 is 138 Å². The standard InChI is InChI=1S/C24H37IN2O2.C23H35IN2O2.C22H33IN2O2.C21H31IN2O3/c1-3-5-12-18-27(24(29)20-15-10-11-16-21(20)25)22(19-13-8-7-9-14-19)23(28)26-17-6-4-2;1-3-5-16-25-22(27)21(18-12-8-7-9-13-18)26(17-6-4-2)23(28)19-14-10-11-15-20(19)24;1-3-5-15-24-21(26)20(17-11-7-6-8-12-17)25(16-4-2)22(27)18-13-9-10-14-19(18)23;1-2-3-13-23-20(26)19(16-9-5-4-6-10-16)24(14-15-25)21(27)17-11-7-8-12-18(17)22/h10-11,15-16,19,22H,3-9,12-14,17-18H2,1-2H3,(H,26,28);10-11,14-15,18,21H,3-9,12-13,16-17H2,1-2H3,(H,25,27);9-10,13-14,17,20H,3-8,11-12,15-16H2,1-2H3,(H,24,26);7-8,11-12,16,19,25H,2-6,9-10,13-15H2,1H3,(H,23,26). The number of nitrogens with one attached hydrogen (secondary N) is 4. The van der Waals surface area contributed by atoms with Gasteiger partial charge in [0.2, 0.25) is 23.6 Å². The van der Waals surface area contributed by atoms with Crippen LogP contribution >= 0.6 is 90.4 Å². The zero-order valence-electron chi connectivity index (χ0n) is 68.3. The van der Waals surface area contributed by atoms with Gasteiger partial charge in [-0.3, -0.25) is 38.4 Å². The SMILES string of the molecule is CCCCCN(C(=O)c1ccccc1I)C(C(=O)NCCCC)C1CCCCC1.CCCCNC(=O)C(C1CCCCC1)N(CCC)C(=O)c1ccccc1I.CCCCNC(=O)C(C1CCCCC1)N(CCCC)C(=O)c1ccccc1I.CCCCNC(=O)C(C1CCCCC1)N(CCO)C(=O)c1ccccc1I. The number of halogens is 4. The van der Waals surface area contributed by atoms with Gasteiger partial charge in [0.15, 0.2) is 0 Å². The third kappa shape index (κ3) is 32.5. The lowest BCUT2D eigenvalue weighted by Crippen LogP contribution is -2.54. The fourth-order valence-electron chi connectivity index (χ4n) is 16.0. The van der Waals surface area contributed by atoms with Gasteiger partial charge in [-0.2, -0.15) is 0 Å². The summed E-state index contributed by atoms with van der Waals surface area (Å²) in [5.41, 5.74) is 2.72. The summed E-state index contributed by atoms with van der Waals surface area (Å²) in [7, 11) is 0. The Hall–Kier alpha value is -4.48. The zero-order valence-corrected chi connectivity index (χ0v) is 76.9. The summed E-state index contributed by atoms with van der Waals surface area (Å²) >= 11 is 8.81. The van der Waals surface area contributed by atoms with Gasteiger partial charge >= 0.3 is 0 Å². The molecule has 4 unspecified atom stereocenters. The molecule has 8 rings (SSSR count). The quantitative estimate of drug-likeness (QED) is 0.0212. The highest BCUT2D eigenvalue weighted by atomic mass is 127. The van der Waals surface area contributed by atoms with Gasteiger partial charge in [-0.05, 0) is 259 Å². The Morgan fingerprint density at radius 3 is 0.757 bits per heavy atom. The number of amides is 8. The van der Waals surface area contributed by atoms with E-state index in [4.69, 9.17) is 0 Å². The summed E-state index contributed by atoms with van der Waals surface area (Å²) in [6, 6.07) is 28.9. The first-order valence-corrected chi connectivity index (χ1v) is 47.1. The molecule has 4 aliphatic rings. The summed E-state index contributed by atoms with van der Waals surface area (Å²) in [5, 5.41) is 22.0. The van der Waals surface area contributed by atoms with E-state index in [2.05, 4.69) is 160 Å². The van der Waals surface area contributed by atoms with Crippen LogP contribution in [0.3, 0.4) is 0 Å². The number of carbonyl (C=O) groups is 8. The van der Waals surface area contributed by atoms with Crippen molar-refractivity contribution in [2.24, 2.45) is 23.7 Å². The first-order chi connectivity index (χ1) is 53.9. The first-order valence-electron chi connectivity index (χ1n) is 42.8. The highest BCUT2D eigenvalue weighted by Crippen LogP contribution is 2.36. The van der Waals surface area contributed by atoms with Crippen molar-refractivity contribution in [2.75, 3.05) is 59.0 Å². The monoisotopic (exact) mass is 1980 g/mol. The van der Waals surface area contributed by atoms with Gasteiger partial charge in [0.25, 0.3) is 23.6 Å². The number of hydrogen-bond acceptors (Lipinski definition) is 9. The molecule has 0 heterocycles. The maximum Gasteiger partial charge on any atom is 0.255 e. The molecule has 4 aromatic carbocycles. The van der Waals surface area contributed by atoms with Gasteiger partial charge in [0.1, 0.15) is 24.2 Å². The minimum atomic E-state index is -0.516. The molecule has 4 atom stereocenters. The van der Waals surface area contributed by atoms with Gasteiger partial charge in [0.05, 0.1) is 28.9 Å². The molecule has 5 N–H and O–H groups in total. The minimum absolute atomic E-state index is 0.000310. The molecule has 0 aromatic heterocycles. The van der Waals surface area contributed by atoms with Gasteiger partial charge in [-0.25, -0.2) is 0 Å². The topological polar surface area (TPSA) is 218 Å². The number of carbonyl (C=O) groups excluding carboxylic acids is 8. The first kappa shape index (κ1) is 97.1. The van der Waals surface area contributed by atoms with E-state index in [9.17, 15) is 43.5 Å². The Labute approximate surface area is 722 Å². The predicted octanol–water partition coefficient (Wildman–Crippen LogP) is 19.8. The zero-order chi connectivity index (χ0) is 80.7. The molecule has 8 amide bonds. The lowest BCUT2D eigenvalue weighted by Gasteiger charge is -2.38. The number of aliphatic hydroxyl groups is 1. The van der Waals surface area contributed by atoms with Crippen molar-refractivity contribution in [3.8, 4) is 0 Å². The number of unbranched alkanes of at least 4 members (excludes halogenated alkanes) is 7. The van der Waals surface area contributed by atoms with Gasteiger partial charge in [0, 0.05) is 66.6 Å². The van der Waals surface area contributed by atoms with Crippen LogP contribution in [0.2, 0.25) is 0 Å². The van der Waals surface area contributed by atoms with Crippen LogP contribution in [0, 0.1) is 38.0 Å². The molecule has 0 radical (unpaired) electrons. The molecule has 4 saturated carbocycles. The molecular weight excluding hydrogens is 1840 g/mol. The number of rotatable bonds is 39. The van der Waals surface area contributed by atoms with E-state index in [1.807, 2.05) is 106 Å². The highest BCUT2D eigenvalue weighted by Gasteiger charge is 2.42. The third-order valence-electron chi connectivity index (χ3n) is 22.1. The summed E-state index contributed by atoms with van der Waals surface area (Å²) in [4.78, 5) is 114. The molecule has 0 saturated heterocycles. The van der Waals surface area contributed by atoms with E-state index >= 15 is 0 Å². The second kappa shape index (κ2) is 56.8. The van der Waals surface area contributed by atoms with Crippen molar-refractivity contribution in [3.63, 3.8) is 0 Å². The van der Waals surface area contributed by atoms with Crippen molar-refractivity contribution in [2.45, 2.75) is 291 Å². The Balaban J connectivity index is 0.000000265. The van der Waals surface area contributed by atoms with Crippen LogP contribution in [0.5, 0.6) is 0 Å². The van der Waals surface area contributed by atoms with E-state index in [1.165, 1.54) is 25.7 Å². The van der Waals surface area contributed by atoms with E-state index in [0.717, 1.165) is 207 Å². The molecule has 4 aromatic rings. The maximum atomic E-state index is 13.6. The van der Waals surface area contributed by atoms with Gasteiger partial charge in [-0.1, -0.05) is 219 Å². The predicted molar refractivity (Wildman–Crippen MR) is 486 cm³/mol. The number of benzene rings is 4. The average Bonchev–Trinajstić information content (AvgIpc) is 0.824. The highest BCUT2D eigenvalue weighted by molar-refractivity contribution is 14.1.